The van der Waals surface area contributed by atoms with Crippen molar-refractivity contribution in [3.63, 3.8) is 0 Å². The molecule has 0 unspecified atom stereocenters. The first-order chi connectivity index (χ1) is 16.5. The minimum atomic E-state index is -0.568. The summed E-state index contributed by atoms with van der Waals surface area (Å²) >= 11 is 0. The zero-order valence-electron chi connectivity index (χ0n) is 19.2. The number of halogens is 1. The number of rotatable bonds is 5. The van der Waals surface area contributed by atoms with E-state index in [4.69, 9.17) is 4.42 Å². The molecule has 5 rings (SSSR count). The van der Waals surface area contributed by atoms with Gasteiger partial charge in [0.05, 0.1) is 11.6 Å². The fraction of sp³-hybridized carbons (Fsp3) is 0.308. The van der Waals surface area contributed by atoms with Crippen molar-refractivity contribution < 1.29 is 13.6 Å². The van der Waals surface area contributed by atoms with Crippen molar-refractivity contribution in [1.82, 2.24) is 19.9 Å². The number of hydrogen-bond acceptors (Lipinski definition) is 6. The number of amides is 1. The molecule has 3 heterocycles. The number of hydrogen-bond donors (Lipinski definition) is 1. The molecule has 2 aromatic heterocycles. The molecule has 2 atom stereocenters. The number of nitrogens with one attached hydrogen (secondary N) is 1. The van der Waals surface area contributed by atoms with E-state index >= 15 is 4.39 Å². The minimum Gasteiger partial charge on any atom is -0.424 e. The van der Waals surface area contributed by atoms with Crippen LogP contribution in [0.15, 0.2) is 59.3 Å². The van der Waals surface area contributed by atoms with E-state index in [1.54, 1.807) is 29.4 Å². The van der Waals surface area contributed by atoms with Crippen LogP contribution >= 0.6 is 0 Å². The molecule has 1 aliphatic heterocycles. The number of aromatic nitrogens is 3. The van der Waals surface area contributed by atoms with Crippen LogP contribution in [0, 0.1) is 18.7 Å². The van der Waals surface area contributed by atoms with Gasteiger partial charge in [0.1, 0.15) is 11.3 Å². The molecular weight excluding hydrogens is 433 g/mol. The Hall–Kier alpha value is -3.81. The van der Waals surface area contributed by atoms with Gasteiger partial charge in [-0.2, -0.15) is 4.98 Å². The third-order valence-corrected chi connectivity index (χ3v) is 6.50. The number of para-hydroxylation sites is 2. The van der Waals surface area contributed by atoms with Crippen LogP contribution in [0.5, 0.6) is 0 Å². The van der Waals surface area contributed by atoms with Crippen LogP contribution in [-0.4, -0.2) is 44.9 Å². The van der Waals surface area contributed by atoms with Gasteiger partial charge < -0.3 is 14.6 Å². The van der Waals surface area contributed by atoms with Crippen molar-refractivity contribution >= 4 is 23.0 Å². The Bertz CT molecular complexity index is 1290. The summed E-state index contributed by atoms with van der Waals surface area (Å²) in [6.45, 7) is 4.95. The van der Waals surface area contributed by atoms with E-state index in [2.05, 4.69) is 27.2 Å². The summed E-state index contributed by atoms with van der Waals surface area (Å²) in [4.78, 5) is 28.7. The number of piperidine rings is 1. The molecule has 2 aromatic carbocycles. The number of benzene rings is 2. The lowest BCUT2D eigenvalue weighted by Crippen LogP contribution is -2.51. The molecule has 1 saturated heterocycles. The monoisotopic (exact) mass is 459 g/mol. The number of carbonyl (C=O) groups is 1. The van der Waals surface area contributed by atoms with Crippen LogP contribution < -0.4 is 5.32 Å². The van der Waals surface area contributed by atoms with Crippen molar-refractivity contribution in [2.75, 3.05) is 18.4 Å². The molecule has 34 heavy (non-hydrogen) atoms. The quantitative estimate of drug-likeness (QED) is 0.448. The van der Waals surface area contributed by atoms with Crippen LogP contribution in [0.2, 0.25) is 0 Å². The lowest BCUT2D eigenvalue weighted by Gasteiger charge is -2.40. The van der Waals surface area contributed by atoms with Gasteiger partial charge in [0, 0.05) is 31.0 Å². The molecule has 1 aliphatic rings. The van der Waals surface area contributed by atoms with Crippen molar-refractivity contribution in [3.05, 3.63) is 71.8 Å². The van der Waals surface area contributed by atoms with Gasteiger partial charge in [-0.1, -0.05) is 25.1 Å². The molecule has 1 fully saturated rings. The van der Waals surface area contributed by atoms with Crippen molar-refractivity contribution in [1.29, 1.82) is 0 Å². The molecule has 7 nitrogen and oxygen atoms in total. The number of carbonyl (C=O) groups excluding carboxylic acids is 1. The van der Waals surface area contributed by atoms with Gasteiger partial charge in [0.25, 0.3) is 11.9 Å². The van der Waals surface area contributed by atoms with Crippen LogP contribution in [0.4, 0.5) is 10.4 Å². The first-order valence-corrected chi connectivity index (χ1v) is 11.5. The lowest BCUT2D eigenvalue weighted by atomic mass is 9.89. The third-order valence-electron chi connectivity index (χ3n) is 6.50. The molecule has 1 amide bonds. The first-order valence-electron chi connectivity index (χ1n) is 11.5. The van der Waals surface area contributed by atoms with Gasteiger partial charge in [-0.25, -0.2) is 14.4 Å². The maximum atomic E-state index is 15.2. The van der Waals surface area contributed by atoms with Gasteiger partial charge in [0.15, 0.2) is 11.4 Å². The molecule has 0 saturated carbocycles. The Balaban J connectivity index is 1.46. The van der Waals surface area contributed by atoms with Crippen molar-refractivity contribution in [2.24, 2.45) is 5.92 Å². The van der Waals surface area contributed by atoms with E-state index < -0.39 is 5.82 Å². The lowest BCUT2D eigenvalue weighted by molar-refractivity contribution is 0.0535. The number of nitrogens with zero attached hydrogens (tertiary/aromatic N) is 4. The molecule has 0 aliphatic carbocycles. The second kappa shape index (κ2) is 9.21. The van der Waals surface area contributed by atoms with E-state index in [1.165, 1.54) is 6.07 Å². The van der Waals surface area contributed by atoms with Crippen molar-refractivity contribution in [2.45, 2.75) is 32.7 Å². The SMILES string of the molecule is Cc1ccc(F)c(C(=O)N2CCC[C@@H](C)[C@H]2CNc2nc3ccccc3o2)c1-c1ncccn1. The van der Waals surface area contributed by atoms with Crippen LogP contribution in [0.3, 0.4) is 0 Å². The average Bonchev–Trinajstić information content (AvgIpc) is 3.27. The summed E-state index contributed by atoms with van der Waals surface area (Å²) in [6.07, 6.45) is 5.03. The van der Waals surface area contributed by atoms with E-state index in [1.807, 2.05) is 31.2 Å². The fourth-order valence-corrected chi connectivity index (χ4v) is 4.70. The van der Waals surface area contributed by atoms with Gasteiger partial charge in [-0.3, -0.25) is 4.79 Å². The van der Waals surface area contributed by atoms with Crippen LogP contribution in [0.1, 0.15) is 35.7 Å². The predicted octanol–water partition coefficient (Wildman–Crippen LogP) is 5.09. The molecule has 4 aromatic rings. The highest BCUT2D eigenvalue weighted by molar-refractivity contribution is 6.01. The van der Waals surface area contributed by atoms with Crippen molar-refractivity contribution in [3.8, 4) is 11.4 Å². The van der Waals surface area contributed by atoms with Gasteiger partial charge >= 0.3 is 0 Å². The summed E-state index contributed by atoms with van der Waals surface area (Å²) < 4.78 is 21.0. The van der Waals surface area contributed by atoms with E-state index in [9.17, 15) is 4.79 Å². The summed E-state index contributed by atoms with van der Waals surface area (Å²) in [5.74, 6) is -0.352. The second-order valence-electron chi connectivity index (χ2n) is 8.74. The molecule has 0 spiro atoms. The Kier molecular flexibility index (Phi) is 5.96. The molecular formula is C26H26FN5O2. The summed E-state index contributed by atoms with van der Waals surface area (Å²) in [5.41, 5.74) is 2.68. The zero-order chi connectivity index (χ0) is 23.7. The fourth-order valence-electron chi connectivity index (χ4n) is 4.70. The number of oxazole rings is 1. The standard InChI is InChI=1S/C26H26FN5O2/c1-16-7-5-14-32(20(16)15-30-26-31-19-8-3-4-9-21(19)34-26)25(33)23-18(27)11-10-17(2)22(23)24-28-12-6-13-29-24/h3-4,6,8-13,16,20H,5,7,14-15H2,1-2H3,(H,30,31)/t16-,20-/m1/s1. The summed E-state index contributed by atoms with van der Waals surface area (Å²) in [5, 5.41) is 3.25. The minimum absolute atomic E-state index is 0.0205. The Morgan fingerprint density at radius 3 is 2.76 bits per heavy atom. The second-order valence-corrected chi connectivity index (χ2v) is 8.74. The maximum absolute atomic E-state index is 15.2. The molecule has 0 bridgehead atoms. The average molecular weight is 460 g/mol. The number of aryl methyl sites for hydroxylation is 1. The summed E-state index contributed by atoms with van der Waals surface area (Å²) in [7, 11) is 0. The molecule has 1 N–H and O–H groups in total. The largest absolute Gasteiger partial charge is 0.424 e. The van der Waals surface area contributed by atoms with Gasteiger partial charge in [-0.15, -0.1) is 0 Å². The topological polar surface area (TPSA) is 84.2 Å². The summed E-state index contributed by atoms with van der Waals surface area (Å²) in [6, 6.07) is 12.5. The van der Waals surface area contributed by atoms with E-state index in [-0.39, 0.29) is 23.4 Å². The Labute approximate surface area is 197 Å². The Morgan fingerprint density at radius 2 is 1.97 bits per heavy atom. The van der Waals surface area contributed by atoms with Gasteiger partial charge in [-0.05, 0) is 55.5 Å². The highest BCUT2D eigenvalue weighted by atomic mass is 19.1. The van der Waals surface area contributed by atoms with E-state index in [0.717, 1.165) is 23.9 Å². The van der Waals surface area contributed by atoms with Gasteiger partial charge in [0.2, 0.25) is 0 Å². The molecule has 174 valence electrons. The first kappa shape index (κ1) is 22.0. The number of anilines is 1. The zero-order valence-corrected chi connectivity index (χ0v) is 19.2. The normalized spacial score (nSPS) is 18.3. The highest BCUT2D eigenvalue weighted by Gasteiger charge is 2.35. The van der Waals surface area contributed by atoms with Crippen LogP contribution in [0.25, 0.3) is 22.5 Å². The molecule has 8 heteroatoms. The smallest absolute Gasteiger partial charge is 0.295 e. The maximum Gasteiger partial charge on any atom is 0.295 e. The molecule has 0 radical (unpaired) electrons. The number of fused-ring (bicyclic) bond motifs is 1. The van der Waals surface area contributed by atoms with Crippen LogP contribution in [-0.2, 0) is 0 Å². The highest BCUT2D eigenvalue weighted by Crippen LogP contribution is 2.32. The predicted molar refractivity (Wildman–Crippen MR) is 128 cm³/mol. The van der Waals surface area contributed by atoms with E-state index in [0.29, 0.717) is 36.1 Å². The third kappa shape index (κ3) is 4.11. The number of likely N-dealkylation sites (tertiary alicyclic amines) is 1. The Morgan fingerprint density at radius 1 is 1.18 bits per heavy atom.